The first-order valence-corrected chi connectivity index (χ1v) is 15.3. The number of nitrogens with one attached hydrogen (secondary N) is 1. The summed E-state index contributed by atoms with van der Waals surface area (Å²) in [5.41, 5.74) is 2.36. The number of carbonyl (C=O) groups is 2. The van der Waals surface area contributed by atoms with E-state index in [1.165, 1.54) is 4.31 Å². The third-order valence-electron chi connectivity index (χ3n) is 6.53. The Balaban J connectivity index is 1.83. The van der Waals surface area contributed by atoms with Crippen LogP contribution in [0, 0.1) is 0 Å². The lowest BCUT2D eigenvalue weighted by Gasteiger charge is -2.32. The number of amides is 2. The standard InChI is InChI=1S/C31H39N3O5S/c1-4-21-32-31(36)29(23-25-12-7-5-8-13-25)33(24-26-14-9-6-10-15-26)30(35)16-11-22-34(40(3,37)38)27-17-19-28(39-2)20-18-27/h5-10,12-15,17-20,29H,4,11,16,21-24H2,1-3H3,(H,32,36)/t29-/m1/s1. The Kier molecular flexibility index (Phi) is 11.6. The fourth-order valence-corrected chi connectivity index (χ4v) is 5.42. The molecule has 0 aliphatic rings. The molecule has 0 saturated carbocycles. The molecule has 8 nitrogen and oxygen atoms in total. The van der Waals surface area contributed by atoms with Crippen LogP contribution in [0.25, 0.3) is 0 Å². The second-order valence-corrected chi connectivity index (χ2v) is 11.5. The maximum atomic E-state index is 13.8. The number of ether oxygens (including phenoxy) is 1. The van der Waals surface area contributed by atoms with Crippen molar-refractivity contribution in [3.05, 3.63) is 96.1 Å². The largest absolute Gasteiger partial charge is 0.497 e. The molecule has 0 aliphatic carbocycles. The zero-order valence-corrected chi connectivity index (χ0v) is 24.3. The van der Waals surface area contributed by atoms with Crippen LogP contribution in [0.3, 0.4) is 0 Å². The molecule has 0 saturated heterocycles. The Labute approximate surface area is 238 Å². The molecule has 40 heavy (non-hydrogen) atoms. The van der Waals surface area contributed by atoms with Crippen LogP contribution in [-0.4, -0.2) is 57.6 Å². The summed E-state index contributed by atoms with van der Waals surface area (Å²) in [7, 11) is -2.04. The van der Waals surface area contributed by atoms with Crippen molar-refractivity contribution in [2.45, 2.75) is 45.2 Å². The van der Waals surface area contributed by atoms with Gasteiger partial charge in [-0.3, -0.25) is 13.9 Å². The van der Waals surface area contributed by atoms with E-state index in [1.54, 1.807) is 36.3 Å². The molecule has 1 atom stereocenters. The van der Waals surface area contributed by atoms with E-state index in [0.29, 0.717) is 24.4 Å². The average molecular weight is 566 g/mol. The summed E-state index contributed by atoms with van der Waals surface area (Å²) in [4.78, 5) is 28.8. The first-order chi connectivity index (χ1) is 19.2. The normalized spacial score (nSPS) is 11.9. The van der Waals surface area contributed by atoms with Crippen molar-refractivity contribution in [3.63, 3.8) is 0 Å². The Bertz CT molecular complexity index is 1320. The van der Waals surface area contributed by atoms with E-state index in [9.17, 15) is 18.0 Å². The monoisotopic (exact) mass is 565 g/mol. The van der Waals surface area contributed by atoms with Crippen LogP contribution >= 0.6 is 0 Å². The molecule has 2 amide bonds. The third kappa shape index (κ3) is 9.12. The van der Waals surface area contributed by atoms with Crippen molar-refractivity contribution >= 4 is 27.5 Å². The predicted molar refractivity (Wildman–Crippen MR) is 159 cm³/mol. The molecule has 214 valence electrons. The van der Waals surface area contributed by atoms with Gasteiger partial charge in [-0.1, -0.05) is 67.6 Å². The minimum absolute atomic E-state index is 0.0847. The highest BCUT2D eigenvalue weighted by Crippen LogP contribution is 2.23. The lowest BCUT2D eigenvalue weighted by atomic mass is 10.0. The van der Waals surface area contributed by atoms with E-state index in [1.807, 2.05) is 67.6 Å². The van der Waals surface area contributed by atoms with Crippen LogP contribution in [0.4, 0.5) is 5.69 Å². The number of nitrogens with zero attached hydrogens (tertiary/aromatic N) is 2. The lowest BCUT2D eigenvalue weighted by Crippen LogP contribution is -2.50. The lowest BCUT2D eigenvalue weighted by molar-refractivity contribution is -0.141. The van der Waals surface area contributed by atoms with Gasteiger partial charge in [-0.15, -0.1) is 0 Å². The maximum Gasteiger partial charge on any atom is 0.243 e. The third-order valence-corrected chi connectivity index (χ3v) is 7.72. The number of anilines is 1. The van der Waals surface area contributed by atoms with Gasteiger partial charge in [-0.05, 0) is 48.2 Å². The summed E-state index contributed by atoms with van der Waals surface area (Å²) < 4.78 is 31.6. The Morgan fingerprint density at radius 3 is 2.05 bits per heavy atom. The summed E-state index contributed by atoms with van der Waals surface area (Å²) in [5, 5.41) is 2.97. The van der Waals surface area contributed by atoms with Crippen LogP contribution in [0.1, 0.15) is 37.3 Å². The Morgan fingerprint density at radius 2 is 1.50 bits per heavy atom. The van der Waals surface area contributed by atoms with E-state index < -0.39 is 16.1 Å². The van der Waals surface area contributed by atoms with E-state index in [2.05, 4.69) is 5.32 Å². The number of rotatable bonds is 15. The molecular formula is C31H39N3O5S. The van der Waals surface area contributed by atoms with Crippen molar-refractivity contribution in [2.24, 2.45) is 0 Å². The second-order valence-electron chi connectivity index (χ2n) is 9.64. The zero-order chi connectivity index (χ0) is 29.0. The Hall–Kier alpha value is -3.85. The molecule has 0 spiro atoms. The molecule has 0 bridgehead atoms. The minimum atomic E-state index is -3.58. The van der Waals surface area contributed by atoms with Crippen molar-refractivity contribution in [1.29, 1.82) is 0 Å². The fourth-order valence-electron chi connectivity index (χ4n) is 4.45. The van der Waals surface area contributed by atoms with Gasteiger partial charge >= 0.3 is 0 Å². The number of benzene rings is 3. The molecule has 1 N–H and O–H groups in total. The summed E-state index contributed by atoms with van der Waals surface area (Å²) in [6, 6.07) is 25.3. The fraction of sp³-hybridized carbons (Fsp3) is 0.355. The number of methoxy groups -OCH3 is 1. The van der Waals surface area contributed by atoms with Gasteiger partial charge in [-0.2, -0.15) is 0 Å². The molecule has 0 heterocycles. The Morgan fingerprint density at radius 1 is 0.900 bits per heavy atom. The second kappa shape index (κ2) is 15.1. The van der Waals surface area contributed by atoms with Crippen molar-refractivity contribution < 1.29 is 22.7 Å². The molecule has 3 rings (SSSR count). The van der Waals surface area contributed by atoms with Crippen LogP contribution in [0.5, 0.6) is 5.75 Å². The minimum Gasteiger partial charge on any atom is -0.497 e. The number of hydrogen-bond donors (Lipinski definition) is 1. The smallest absolute Gasteiger partial charge is 0.243 e. The first kappa shape index (κ1) is 30.7. The molecule has 0 radical (unpaired) electrons. The van der Waals surface area contributed by atoms with E-state index in [0.717, 1.165) is 23.8 Å². The van der Waals surface area contributed by atoms with Crippen molar-refractivity contribution in [3.8, 4) is 5.75 Å². The zero-order valence-electron chi connectivity index (χ0n) is 23.5. The van der Waals surface area contributed by atoms with Crippen LogP contribution < -0.4 is 14.4 Å². The van der Waals surface area contributed by atoms with Crippen LogP contribution in [0.15, 0.2) is 84.9 Å². The van der Waals surface area contributed by atoms with Gasteiger partial charge < -0.3 is 15.0 Å². The number of hydrogen-bond acceptors (Lipinski definition) is 5. The highest BCUT2D eigenvalue weighted by atomic mass is 32.2. The van der Waals surface area contributed by atoms with E-state index in [-0.39, 0.29) is 37.7 Å². The summed E-state index contributed by atoms with van der Waals surface area (Å²) in [6.07, 6.45) is 2.67. The maximum absolute atomic E-state index is 13.8. The molecule has 0 fully saturated rings. The highest BCUT2D eigenvalue weighted by molar-refractivity contribution is 7.92. The number of sulfonamides is 1. The quantitative estimate of drug-likeness (QED) is 0.295. The predicted octanol–water partition coefficient (Wildman–Crippen LogP) is 4.41. The van der Waals surface area contributed by atoms with Gasteiger partial charge in [-0.25, -0.2) is 8.42 Å². The van der Waals surface area contributed by atoms with Gasteiger partial charge in [0.1, 0.15) is 11.8 Å². The van der Waals surface area contributed by atoms with Gasteiger partial charge in [0.05, 0.1) is 19.1 Å². The molecular weight excluding hydrogens is 526 g/mol. The number of carbonyl (C=O) groups excluding carboxylic acids is 2. The van der Waals surface area contributed by atoms with Crippen molar-refractivity contribution in [1.82, 2.24) is 10.2 Å². The SMILES string of the molecule is CCCNC(=O)[C@@H](Cc1ccccc1)N(Cc1ccccc1)C(=O)CCCN(c1ccc(OC)cc1)S(C)(=O)=O. The summed E-state index contributed by atoms with van der Waals surface area (Å²) in [6.45, 7) is 2.89. The van der Waals surface area contributed by atoms with Gasteiger partial charge in [0.15, 0.2) is 0 Å². The van der Waals surface area contributed by atoms with Crippen LogP contribution in [-0.2, 0) is 32.6 Å². The molecule has 0 unspecified atom stereocenters. The summed E-state index contributed by atoms with van der Waals surface area (Å²) in [5.74, 6) is 0.209. The van der Waals surface area contributed by atoms with Gasteiger partial charge in [0, 0.05) is 32.5 Å². The summed E-state index contributed by atoms with van der Waals surface area (Å²) >= 11 is 0. The molecule has 3 aromatic carbocycles. The topological polar surface area (TPSA) is 96.0 Å². The van der Waals surface area contributed by atoms with Crippen LogP contribution in [0.2, 0.25) is 0 Å². The van der Waals surface area contributed by atoms with Gasteiger partial charge in [0.2, 0.25) is 21.8 Å². The molecule has 3 aromatic rings. The van der Waals surface area contributed by atoms with E-state index >= 15 is 0 Å². The first-order valence-electron chi connectivity index (χ1n) is 13.5. The highest BCUT2D eigenvalue weighted by Gasteiger charge is 2.30. The molecule has 9 heteroatoms. The average Bonchev–Trinajstić information content (AvgIpc) is 2.96. The van der Waals surface area contributed by atoms with Crippen molar-refractivity contribution in [2.75, 3.05) is 30.8 Å². The molecule has 0 aliphatic heterocycles. The molecule has 0 aromatic heterocycles. The van der Waals surface area contributed by atoms with E-state index in [4.69, 9.17) is 4.74 Å². The van der Waals surface area contributed by atoms with Gasteiger partial charge in [0.25, 0.3) is 0 Å².